The molecule has 78 valence electrons. The lowest BCUT2D eigenvalue weighted by atomic mass is 10.0. The molecular formula is C11H9BrFNO. The second-order valence-electron chi connectivity index (χ2n) is 3.22. The van der Waals surface area contributed by atoms with Gasteiger partial charge in [0.15, 0.2) is 0 Å². The molecule has 15 heavy (non-hydrogen) atoms. The predicted molar refractivity (Wildman–Crippen MR) is 59.0 cm³/mol. The van der Waals surface area contributed by atoms with Crippen LogP contribution < -0.4 is 0 Å². The van der Waals surface area contributed by atoms with Crippen LogP contribution in [0.3, 0.4) is 0 Å². The number of aliphatic hydroxyl groups is 1. The Hall–Kier alpha value is -1.13. The molecule has 0 aliphatic carbocycles. The fourth-order valence-corrected chi connectivity index (χ4v) is 1.63. The van der Waals surface area contributed by atoms with E-state index in [0.717, 1.165) is 5.56 Å². The van der Waals surface area contributed by atoms with Gasteiger partial charge in [0.2, 0.25) is 0 Å². The highest BCUT2D eigenvalue weighted by atomic mass is 79.9. The summed E-state index contributed by atoms with van der Waals surface area (Å²) in [5.41, 5.74) is 1.26. The summed E-state index contributed by atoms with van der Waals surface area (Å²) in [6, 6.07) is 6.34. The first kappa shape index (κ1) is 10.4. The number of aromatic amines is 1. The monoisotopic (exact) mass is 269 g/mol. The van der Waals surface area contributed by atoms with Crippen molar-refractivity contribution in [3.63, 3.8) is 0 Å². The zero-order chi connectivity index (χ0) is 10.8. The van der Waals surface area contributed by atoms with E-state index in [-0.39, 0.29) is 5.82 Å². The second-order valence-corrected chi connectivity index (χ2v) is 4.07. The number of benzene rings is 1. The quantitative estimate of drug-likeness (QED) is 0.864. The Morgan fingerprint density at radius 3 is 2.67 bits per heavy atom. The molecule has 0 saturated carbocycles. The molecule has 0 radical (unpaired) electrons. The predicted octanol–water partition coefficient (Wildman–Crippen LogP) is 3.00. The molecule has 4 heteroatoms. The summed E-state index contributed by atoms with van der Waals surface area (Å²) in [4.78, 5) is 2.84. The normalized spacial score (nSPS) is 12.7. The first-order valence-electron chi connectivity index (χ1n) is 4.44. The molecule has 2 rings (SSSR count). The minimum Gasteiger partial charge on any atom is -0.384 e. The van der Waals surface area contributed by atoms with E-state index < -0.39 is 6.10 Å². The highest BCUT2D eigenvalue weighted by Gasteiger charge is 2.12. The maximum atomic E-state index is 13.2. The van der Waals surface area contributed by atoms with Gasteiger partial charge in [0.05, 0.1) is 4.47 Å². The Morgan fingerprint density at radius 2 is 2.07 bits per heavy atom. The molecule has 1 heterocycles. The van der Waals surface area contributed by atoms with Gasteiger partial charge in [-0.15, -0.1) is 0 Å². The molecule has 0 saturated heterocycles. The third-order valence-corrected chi connectivity index (χ3v) is 2.84. The molecule has 0 spiro atoms. The molecule has 0 aliphatic rings. The first-order valence-corrected chi connectivity index (χ1v) is 5.23. The Morgan fingerprint density at radius 1 is 1.27 bits per heavy atom. The van der Waals surface area contributed by atoms with E-state index in [1.165, 1.54) is 6.07 Å². The van der Waals surface area contributed by atoms with Crippen LogP contribution in [0.4, 0.5) is 4.39 Å². The third kappa shape index (κ3) is 2.11. The number of aromatic nitrogens is 1. The summed E-state index contributed by atoms with van der Waals surface area (Å²) < 4.78 is 13.6. The van der Waals surface area contributed by atoms with Crippen molar-refractivity contribution in [2.24, 2.45) is 0 Å². The number of rotatable bonds is 2. The molecule has 2 N–H and O–H groups in total. The molecule has 0 aliphatic heterocycles. The maximum Gasteiger partial charge on any atom is 0.137 e. The van der Waals surface area contributed by atoms with Gasteiger partial charge in [-0.1, -0.05) is 6.07 Å². The van der Waals surface area contributed by atoms with E-state index in [4.69, 9.17) is 0 Å². The van der Waals surface area contributed by atoms with E-state index in [1.807, 2.05) is 0 Å². The summed E-state index contributed by atoms with van der Waals surface area (Å²) >= 11 is 3.06. The highest BCUT2D eigenvalue weighted by Crippen LogP contribution is 2.25. The lowest BCUT2D eigenvalue weighted by Crippen LogP contribution is -1.98. The summed E-state index contributed by atoms with van der Waals surface area (Å²) in [6.07, 6.45) is 2.61. The van der Waals surface area contributed by atoms with Crippen LogP contribution in [-0.4, -0.2) is 10.1 Å². The van der Waals surface area contributed by atoms with Crippen molar-refractivity contribution in [1.29, 1.82) is 0 Å². The van der Waals surface area contributed by atoms with Gasteiger partial charge in [0, 0.05) is 18.0 Å². The molecule has 2 nitrogen and oxygen atoms in total. The second kappa shape index (κ2) is 4.16. The number of hydrogen-bond acceptors (Lipinski definition) is 1. The maximum absolute atomic E-state index is 13.2. The molecule has 1 atom stereocenters. The van der Waals surface area contributed by atoms with E-state index in [0.29, 0.717) is 10.0 Å². The minimum absolute atomic E-state index is 0.373. The molecule has 0 amide bonds. The van der Waals surface area contributed by atoms with Crippen molar-refractivity contribution in [3.05, 3.63) is 58.1 Å². The van der Waals surface area contributed by atoms with Crippen LogP contribution in [-0.2, 0) is 0 Å². The van der Waals surface area contributed by atoms with Crippen molar-refractivity contribution in [1.82, 2.24) is 4.98 Å². The summed E-state index contributed by atoms with van der Waals surface area (Å²) in [5, 5.41) is 9.89. The molecular weight excluding hydrogens is 261 g/mol. The summed E-state index contributed by atoms with van der Waals surface area (Å²) in [6.45, 7) is 0. The van der Waals surface area contributed by atoms with Gasteiger partial charge in [-0.3, -0.25) is 0 Å². The first-order chi connectivity index (χ1) is 7.18. The van der Waals surface area contributed by atoms with Crippen molar-refractivity contribution >= 4 is 15.9 Å². The highest BCUT2D eigenvalue weighted by molar-refractivity contribution is 9.10. The SMILES string of the molecule is OC(c1cc[nH]c1)c1ccc(Br)c(F)c1. The average molecular weight is 270 g/mol. The van der Waals surface area contributed by atoms with Gasteiger partial charge < -0.3 is 10.1 Å². The van der Waals surface area contributed by atoms with Crippen LogP contribution in [0.1, 0.15) is 17.2 Å². The van der Waals surface area contributed by atoms with Gasteiger partial charge in [-0.05, 0) is 39.7 Å². The lowest BCUT2D eigenvalue weighted by Gasteiger charge is -2.09. The minimum atomic E-state index is -0.793. The number of halogens is 2. The standard InChI is InChI=1S/C11H9BrFNO/c12-9-2-1-7(5-10(9)13)11(15)8-3-4-14-6-8/h1-6,11,14-15H. The van der Waals surface area contributed by atoms with Crippen LogP contribution in [0.2, 0.25) is 0 Å². The fraction of sp³-hybridized carbons (Fsp3) is 0.0909. The summed E-state index contributed by atoms with van der Waals surface area (Å²) in [7, 11) is 0. The Bertz CT molecular complexity index is 456. The van der Waals surface area contributed by atoms with E-state index >= 15 is 0 Å². The van der Waals surface area contributed by atoms with Crippen molar-refractivity contribution in [2.45, 2.75) is 6.10 Å². The Labute approximate surface area is 94.9 Å². The fourth-order valence-electron chi connectivity index (χ4n) is 1.38. The van der Waals surface area contributed by atoms with Gasteiger partial charge >= 0.3 is 0 Å². The van der Waals surface area contributed by atoms with Crippen molar-refractivity contribution in [2.75, 3.05) is 0 Å². The third-order valence-electron chi connectivity index (χ3n) is 2.20. The molecule has 1 aromatic heterocycles. The van der Waals surface area contributed by atoms with E-state index in [1.54, 1.807) is 30.6 Å². The number of H-pyrrole nitrogens is 1. The molecule has 0 bridgehead atoms. The van der Waals surface area contributed by atoms with Crippen LogP contribution in [0.5, 0.6) is 0 Å². The summed E-state index contributed by atoms with van der Waals surface area (Å²) in [5.74, 6) is -0.373. The smallest absolute Gasteiger partial charge is 0.137 e. The number of aliphatic hydroxyl groups excluding tert-OH is 1. The average Bonchev–Trinajstić information content (AvgIpc) is 2.74. The van der Waals surface area contributed by atoms with Crippen molar-refractivity contribution < 1.29 is 9.50 Å². The Balaban J connectivity index is 2.34. The van der Waals surface area contributed by atoms with Crippen LogP contribution in [0.15, 0.2) is 41.1 Å². The van der Waals surface area contributed by atoms with E-state index in [2.05, 4.69) is 20.9 Å². The number of hydrogen-bond donors (Lipinski definition) is 2. The zero-order valence-corrected chi connectivity index (χ0v) is 9.33. The van der Waals surface area contributed by atoms with Gasteiger partial charge in [-0.2, -0.15) is 0 Å². The molecule has 1 aromatic carbocycles. The lowest BCUT2D eigenvalue weighted by molar-refractivity contribution is 0.220. The topological polar surface area (TPSA) is 36.0 Å². The molecule has 1 unspecified atom stereocenters. The van der Waals surface area contributed by atoms with Gasteiger partial charge in [-0.25, -0.2) is 4.39 Å². The van der Waals surface area contributed by atoms with Crippen LogP contribution in [0, 0.1) is 5.82 Å². The molecule has 2 aromatic rings. The zero-order valence-electron chi connectivity index (χ0n) is 7.74. The van der Waals surface area contributed by atoms with E-state index in [9.17, 15) is 9.50 Å². The Kier molecular flexibility index (Phi) is 2.88. The van der Waals surface area contributed by atoms with Crippen molar-refractivity contribution in [3.8, 4) is 0 Å². The van der Waals surface area contributed by atoms with Gasteiger partial charge in [0.1, 0.15) is 11.9 Å². The largest absolute Gasteiger partial charge is 0.384 e. The number of nitrogens with one attached hydrogen (secondary N) is 1. The molecule has 0 fully saturated rings. The van der Waals surface area contributed by atoms with Crippen LogP contribution in [0.25, 0.3) is 0 Å². The van der Waals surface area contributed by atoms with Crippen LogP contribution >= 0.6 is 15.9 Å². The van der Waals surface area contributed by atoms with Gasteiger partial charge in [0.25, 0.3) is 0 Å².